The van der Waals surface area contributed by atoms with Crippen molar-refractivity contribution in [3.8, 4) is 0 Å². The fourth-order valence-corrected chi connectivity index (χ4v) is 3.24. The van der Waals surface area contributed by atoms with E-state index in [0.29, 0.717) is 18.0 Å². The van der Waals surface area contributed by atoms with Crippen LogP contribution in [0.15, 0.2) is 22.7 Å². The van der Waals surface area contributed by atoms with Gasteiger partial charge in [0.1, 0.15) is 0 Å². The molecule has 2 nitrogen and oxygen atoms in total. The van der Waals surface area contributed by atoms with Gasteiger partial charge in [-0.05, 0) is 49.9 Å². The smallest absolute Gasteiger partial charge is 0.0382 e. The molecule has 0 aliphatic carbocycles. The van der Waals surface area contributed by atoms with Gasteiger partial charge in [-0.2, -0.15) is 0 Å². The Kier molecular flexibility index (Phi) is 3.79. The molecule has 1 aliphatic rings. The van der Waals surface area contributed by atoms with Crippen LogP contribution in [0.5, 0.6) is 0 Å². The summed E-state index contributed by atoms with van der Waals surface area (Å²) in [6.07, 6.45) is 1.08. The van der Waals surface area contributed by atoms with Gasteiger partial charge in [-0.15, -0.1) is 0 Å². The highest BCUT2D eigenvalue weighted by Crippen LogP contribution is 2.30. The summed E-state index contributed by atoms with van der Waals surface area (Å²) in [5.41, 5.74) is 8.74. The molecule has 3 unspecified atom stereocenters. The van der Waals surface area contributed by atoms with Crippen LogP contribution in [-0.2, 0) is 0 Å². The summed E-state index contributed by atoms with van der Waals surface area (Å²) in [4.78, 5) is 2.48. The van der Waals surface area contributed by atoms with Crippen LogP contribution in [0.2, 0.25) is 0 Å². The first kappa shape index (κ1) is 12.9. The molecule has 0 radical (unpaired) electrons. The first-order valence-electron chi connectivity index (χ1n) is 6.28. The Hall–Kier alpha value is -0.540. The zero-order valence-corrected chi connectivity index (χ0v) is 12.4. The monoisotopic (exact) mass is 296 g/mol. The third-order valence-electron chi connectivity index (χ3n) is 3.99. The maximum absolute atomic E-state index is 6.13. The summed E-state index contributed by atoms with van der Waals surface area (Å²) in [7, 11) is 0. The van der Waals surface area contributed by atoms with Crippen LogP contribution in [0.4, 0.5) is 5.69 Å². The molecule has 1 fully saturated rings. The van der Waals surface area contributed by atoms with Crippen molar-refractivity contribution in [1.29, 1.82) is 0 Å². The minimum atomic E-state index is 0.342. The molecule has 94 valence electrons. The predicted octanol–water partition coefficient (Wildman–Crippen LogP) is 3.32. The van der Waals surface area contributed by atoms with Crippen molar-refractivity contribution in [2.24, 2.45) is 11.7 Å². The lowest BCUT2D eigenvalue weighted by Gasteiger charge is -2.43. The summed E-state index contributed by atoms with van der Waals surface area (Å²) in [6, 6.07) is 7.45. The van der Waals surface area contributed by atoms with Crippen molar-refractivity contribution in [2.45, 2.75) is 39.3 Å². The van der Waals surface area contributed by atoms with Crippen molar-refractivity contribution in [1.82, 2.24) is 0 Å². The van der Waals surface area contributed by atoms with Gasteiger partial charge in [0.05, 0.1) is 0 Å². The van der Waals surface area contributed by atoms with E-state index in [9.17, 15) is 0 Å². The van der Waals surface area contributed by atoms with Gasteiger partial charge in [-0.3, -0.25) is 0 Å². The maximum atomic E-state index is 6.13. The molecular formula is C14H21BrN2. The summed E-state index contributed by atoms with van der Waals surface area (Å²) in [5, 5.41) is 0. The second kappa shape index (κ2) is 4.99. The number of benzene rings is 1. The van der Waals surface area contributed by atoms with E-state index in [2.05, 4.69) is 59.8 Å². The van der Waals surface area contributed by atoms with Crippen LogP contribution in [0.3, 0.4) is 0 Å². The van der Waals surface area contributed by atoms with Gasteiger partial charge in [0.25, 0.3) is 0 Å². The molecule has 0 amide bonds. The first-order chi connectivity index (χ1) is 7.99. The van der Waals surface area contributed by atoms with Crippen LogP contribution >= 0.6 is 15.9 Å². The molecule has 3 heteroatoms. The fraction of sp³-hybridized carbons (Fsp3) is 0.571. The van der Waals surface area contributed by atoms with Crippen LogP contribution in [-0.4, -0.2) is 18.6 Å². The molecule has 1 saturated heterocycles. The van der Waals surface area contributed by atoms with Gasteiger partial charge in [-0.1, -0.05) is 22.9 Å². The predicted molar refractivity (Wildman–Crippen MR) is 77.4 cm³/mol. The number of hydrogen-bond donors (Lipinski definition) is 1. The molecule has 17 heavy (non-hydrogen) atoms. The highest BCUT2D eigenvalue weighted by Gasteiger charge is 2.30. The second-order valence-corrected chi connectivity index (χ2v) is 6.15. The van der Waals surface area contributed by atoms with E-state index in [1.165, 1.54) is 11.3 Å². The molecule has 1 aromatic carbocycles. The molecule has 0 saturated carbocycles. The third kappa shape index (κ3) is 2.66. The minimum Gasteiger partial charge on any atom is -0.368 e. The number of nitrogens with zero attached hydrogens (tertiary/aromatic N) is 1. The summed E-state index contributed by atoms with van der Waals surface area (Å²) < 4.78 is 1.15. The summed E-state index contributed by atoms with van der Waals surface area (Å²) in [6.45, 7) is 7.73. The van der Waals surface area contributed by atoms with Crippen LogP contribution < -0.4 is 10.6 Å². The normalized spacial score (nSPS) is 29.5. The largest absolute Gasteiger partial charge is 0.368 e. The Labute approximate surface area is 112 Å². The number of hydrogen-bond acceptors (Lipinski definition) is 2. The van der Waals surface area contributed by atoms with Crippen LogP contribution in [0.25, 0.3) is 0 Å². The Morgan fingerprint density at radius 2 is 2.00 bits per heavy atom. The lowest BCUT2D eigenvalue weighted by molar-refractivity contribution is 0.315. The quantitative estimate of drug-likeness (QED) is 0.861. The fourth-order valence-electron chi connectivity index (χ4n) is 2.64. The number of nitrogens with two attached hydrogens (primary N) is 1. The van der Waals surface area contributed by atoms with Crippen LogP contribution in [0.1, 0.15) is 25.8 Å². The average molecular weight is 297 g/mol. The molecule has 0 bridgehead atoms. The lowest BCUT2D eigenvalue weighted by atomic mass is 9.87. The molecule has 3 atom stereocenters. The second-order valence-electron chi connectivity index (χ2n) is 5.23. The molecule has 2 N–H and O–H groups in total. The van der Waals surface area contributed by atoms with Crippen molar-refractivity contribution in [3.63, 3.8) is 0 Å². The third-order valence-corrected chi connectivity index (χ3v) is 4.45. The lowest BCUT2D eigenvalue weighted by Crippen LogP contribution is -2.51. The van der Waals surface area contributed by atoms with Gasteiger partial charge in [0.15, 0.2) is 0 Å². The van der Waals surface area contributed by atoms with Gasteiger partial charge in [0.2, 0.25) is 0 Å². The molecule has 0 aromatic heterocycles. The van der Waals surface area contributed by atoms with Crippen molar-refractivity contribution < 1.29 is 0 Å². The summed E-state index contributed by atoms with van der Waals surface area (Å²) in [5.74, 6) is 0.544. The standard InChI is InChI=1S/C14H21BrN2/c1-9-6-12(15)8-13(7-9)17-5-4-14(16)10(2)11(17)3/h6-8,10-11,14H,4-5,16H2,1-3H3. The average Bonchev–Trinajstić information content (AvgIpc) is 2.24. The van der Waals surface area contributed by atoms with E-state index < -0.39 is 0 Å². The number of halogens is 1. The number of anilines is 1. The Bertz CT molecular complexity index is 385. The van der Waals surface area contributed by atoms with E-state index >= 15 is 0 Å². The van der Waals surface area contributed by atoms with Gasteiger partial charge in [-0.25, -0.2) is 0 Å². The minimum absolute atomic E-state index is 0.342. The number of rotatable bonds is 1. The summed E-state index contributed by atoms with van der Waals surface area (Å²) >= 11 is 3.58. The van der Waals surface area contributed by atoms with Gasteiger partial charge in [0, 0.05) is 28.8 Å². The van der Waals surface area contributed by atoms with E-state index in [1.807, 2.05) is 0 Å². The van der Waals surface area contributed by atoms with Gasteiger partial charge >= 0.3 is 0 Å². The van der Waals surface area contributed by atoms with E-state index in [-0.39, 0.29) is 0 Å². The Morgan fingerprint density at radius 1 is 1.29 bits per heavy atom. The molecular weight excluding hydrogens is 276 g/mol. The Balaban J connectivity index is 2.27. The van der Waals surface area contributed by atoms with Crippen LogP contribution in [0, 0.1) is 12.8 Å². The highest BCUT2D eigenvalue weighted by molar-refractivity contribution is 9.10. The van der Waals surface area contributed by atoms with Crippen molar-refractivity contribution in [3.05, 3.63) is 28.2 Å². The highest BCUT2D eigenvalue weighted by atomic mass is 79.9. The molecule has 1 heterocycles. The van der Waals surface area contributed by atoms with Crippen molar-refractivity contribution >= 4 is 21.6 Å². The maximum Gasteiger partial charge on any atom is 0.0382 e. The van der Waals surface area contributed by atoms with E-state index in [1.54, 1.807) is 0 Å². The van der Waals surface area contributed by atoms with E-state index in [4.69, 9.17) is 5.73 Å². The zero-order chi connectivity index (χ0) is 12.6. The molecule has 0 spiro atoms. The first-order valence-corrected chi connectivity index (χ1v) is 7.08. The van der Waals surface area contributed by atoms with Gasteiger partial charge < -0.3 is 10.6 Å². The number of aryl methyl sites for hydroxylation is 1. The number of piperidine rings is 1. The zero-order valence-electron chi connectivity index (χ0n) is 10.8. The molecule has 1 aromatic rings. The molecule has 2 rings (SSSR count). The van der Waals surface area contributed by atoms with Crippen molar-refractivity contribution in [2.75, 3.05) is 11.4 Å². The SMILES string of the molecule is Cc1cc(Br)cc(N2CCC(N)C(C)C2C)c1. The molecule has 1 aliphatic heterocycles. The Morgan fingerprint density at radius 3 is 2.65 bits per heavy atom. The topological polar surface area (TPSA) is 29.3 Å². The van der Waals surface area contributed by atoms with E-state index in [0.717, 1.165) is 17.4 Å².